The zero-order valence-corrected chi connectivity index (χ0v) is 18.1. The van der Waals surface area contributed by atoms with Gasteiger partial charge >= 0.3 is 6.18 Å². The smallest absolute Gasteiger partial charge is 0.430 e. The molecule has 3 aromatic carbocycles. The van der Waals surface area contributed by atoms with E-state index in [9.17, 15) is 13.2 Å². The van der Waals surface area contributed by atoms with Crippen molar-refractivity contribution in [1.29, 1.82) is 0 Å². The molecule has 7 heteroatoms. The standard InChI is InChI=1S/C22H16S.C2HF3O2.H2S/c1-3-9-17(10-4-1)19-13-7-14-20(18-11-5-2-6-12-18)22(19)21-15-8-16-23-21;3-2(4,5)1(6)7;/h1-16H;(H,6,7);1H2. The van der Waals surface area contributed by atoms with E-state index < -0.39 is 12.1 Å². The van der Waals surface area contributed by atoms with Crippen LogP contribution in [0.4, 0.5) is 13.2 Å². The fourth-order valence-electron chi connectivity index (χ4n) is 2.96. The molecule has 0 aliphatic heterocycles. The number of carbonyl (C=O) groups excluding carboxylic acids is 1. The van der Waals surface area contributed by atoms with Crippen LogP contribution in [0.15, 0.2) is 96.4 Å². The molecule has 0 unspecified atom stereocenters. The Morgan fingerprint density at radius 1 is 0.710 bits per heavy atom. The Hall–Kier alpha value is -3.03. The number of alkyl halides is 3. The molecule has 0 fully saturated rings. The van der Waals surface area contributed by atoms with E-state index in [2.05, 4.69) is 96.4 Å². The summed E-state index contributed by atoms with van der Waals surface area (Å²) in [5.74, 6) is -3.01. The average molecular weight is 461 g/mol. The van der Waals surface area contributed by atoms with Gasteiger partial charge in [0.25, 0.3) is 0 Å². The highest BCUT2D eigenvalue weighted by Crippen LogP contribution is 2.41. The van der Waals surface area contributed by atoms with Gasteiger partial charge < -0.3 is 9.90 Å². The number of aliphatic carboxylic acids is 1. The second-order valence-corrected chi connectivity index (χ2v) is 7.17. The fraction of sp³-hybridized carbons (Fsp3) is 0.0417. The molecular weight excluding hydrogens is 441 g/mol. The zero-order valence-electron chi connectivity index (χ0n) is 16.2. The molecule has 0 N–H and O–H groups in total. The predicted octanol–water partition coefficient (Wildman–Crippen LogP) is 5.24. The van der Waals surface area contributed by atoms with Crippen LogP contribution in [0.3, 0.4) is 0 Å². The van der Waals surface area contributed by atoms with E-state index >= 15 is 0 Å². The van der Waals surface area contributed by atoms with E-state index in [0.29, 0.717) is 0 Å². The zero-order chi connectivity index (χ0) is 21.6. The van der Waals surface area contributed by atoms with E-state index in [1.54, 1.807) is 11.3 Å². The highest BCUT2D eigenvalue weighted by atomic mass is 32.1. The van der Waals surface area contributed by atoms with Crippen molar-refractivity contribution in [2.45, 2.75) is 6.18 Å². The van der Waals surface area contributed by atoms with Gasteiger partial charge in [0.2, 0.25) is 0 Å². The van der Waals surface area contributed by atoms with Crippen molar-refractivity contribution in [3.05, 3.63) is 96.4 Å². The number of carboxylic acids is 1. The molecule has 0 amide bonds. The number of benzene rings is 3. The largest absolute Gasteiger partial charge is 0.542 e. The normalized spacial score (nSPS) is 10.4. The van der Waals surface area contributed by atoms with Gasteiger partial charge in [-0.25, -0.2) is 0 Å². The summed E-state index contributed by atoms with van der Waals surface area (Å²) in [6.45, 7) is 0. The first-order chi connectivity index (χ1) is 14.4. The SMILES string of the molecule is O=C([O-])C(F)(F)F.[SH3+].c1ccc(-c2cccc(-c3ccccc3)c2-c2cccs2)cc1. The lowest BCUT2D eigenvalue weighted by Gasteiger charge is -2.14. The second kappa shape index (κ2) is 10.8. The number of hydrogen-bond acceptors (Lipinski definition) is 3. The summed E-state index contributed by atoms with van der Waals surface area (Å²) in [7, 11) is 0. The summed E-state index contributed by atoms with van der Waals surface area (Å²) in [5.41, 5.74) is 6.41. The monoisotopic (exact) mass is 460 g/mol. The van der Waals surface area contributed by atoms with Gasteiger partial charge in [-0.1, -0.05) is 98.4 Å². The third-order valence-electron chi connectivity index (χ3n) is 4.23. The van der Waals surface area contributed by atoms with Crippen LogP contribution in [0.25, 0.3) is 32.7 Å². The van der Waals surface area contributed by atoms with Crippen LogP contribution in [0.5, 0.6) is 0 Å². The first-order valence-corrected chi connectivity index (χ1v) is 9.82. The van der Waals surface area contributed by atoms with Crippen LogP contribution in [0.1, 0.15) is 0 Å². The lowest BCUT2D eigenvalue weighted by Crippen LogP contribution is -2.37. The molecule has 0 saturated heterocycles. The Labute approximate surface area is 189 Å². The third-order valence-corrected chi connectivity index (χ3v) is 5.12. The number of rotatable bonds is 3. The van der Waals surface area contributed by atoms with Crippen LogP contribution in [-0.4, -0.2) is 12.1 Å². The van der Waals surface area contributed by atoms with Crippen molar-refractivity contribution in [3.63, 3.8) is 0 Å². The van der Waals surface area contributed by atoms with Crippen LogP contribution >= 0.6 is 11.3 Å². The van der Waals surface area contributed by atoms with Gasteiger partial charge in [0.1, 0.15) is 5.97 Å². The van der Waals surface area contributed by atoms with E-state index in [4.69, 9.17) is 9.90 Å². The molecular formula is C24H19F3O2S2. The summed E-state index contributed by atoms with van der Waals surface area (Å²) < 4.78 is 31.5. The Kier molecular flexibility index (Phi) is 8.47. The molecule has 0 radical (unpaired) electrons. The van der Waals surface area contributed by atoms with Gasteiger partial charge in [0.05, 0.1) is 0 Å². The van der Waals surface area contributed by atoms with Gasteiger partial charge in [-0.2, -0.15) is 13.2 Å². The first kappa shape index (κ1) is 24.2. The molecule has 1 aromatic heterocycles. The summed E-state index contributed by atoms with van der Waals surface area (Å²) in [4.78, 5) is 10.1. The van der Waals surface area contributed by atoms with Crippen LogP contribution in [-0.2, 0) is 18.3 Å². The quantitative estimate of drug-likeness (QED) is 0.392. The first-order valence-electron chi connectivity index (χ1n) is 8.94. The maximum Gasteiger partial charge on any atom is 0.430 e. The number of carboxylic acid groups (broad SMARTS) is 1. The second-order valence-electron chi connectivity index (χ2n) is 6.22. The summed E-state index contributed by atoms with van der Waals surface area (Å²) in [6, 6.07) is 32.2. The Morgan fingerprint density at radius 3 is 1.52 bits per heavy atom. The molecule has 0 atom stereocenters. The number of thiophene rings is 1. The number of carbonyl (C=O) groups is 1. The minimum atomic E-state index is -5.19. The highest BCUT2D eigenvalue weighted by molar-refractivity contribution is 7.37. The van der Waals surface area contributed by atoms with E-state index in [-0.39, 0.29) is 13.5 Å². The maximum absolute atomic E-state index is 10.5. The van der Waals surface area contributed by atoms with Crippen molar-refractivity contribution in [3.8, 4) is 32.7 Å². The summed E-state index contributed by atoms with van der Waals surface area (Å²) in [6.07, 6.45) is -5.19. The molecule has 0 spiro atoms. The summed E-state index contributed by atoms with van der Waals surface area (Å²) in [5, 5.41) is 10.9. The lowest BCUT2D eigenvalue weighted by molar-refractivity contribution is -0.344. The Balaban J connectivity index is 0.000000373. The lowest BCUT2D eigenvalue weighted by atomic mass is 9.91. The van der Waals surface area contributed by atoms with Gasteiger partial charge in [0.15, 0.2) is 0 Å². The molecule has 4 aromatic rings. The Bertz CT molecular complexity index is 1040. The van der Waals surface area contributed by atoms with Crippen molar-refractivity contribution >= 4 is 30.8 Å². The van der Waals surface area contributed by atoms with Crippen molar-refractivity contribution in [2.75, 3.05) is 0 Å². The minimum Gasteiger partial charge on any atom is -0.542 e. The molecule has 0 saturated carbocycles. The van der Waals surface area contributed by atoms with Gasteiger partial charge in [-0.05, 0) is 33.7 Å². The van der Waals surface area contributed by atoms with Crippen LogP contribution in [0, 0.1) is 0 Å². The fourth-order valence-corrected chi connectivity index (χ4v) is 3.75. The highest BCUT2D eigenvalue weighted by Gasteiger charge is 2.28. The predicted molar refractivity (Wildman–Crippen MR) is 123 cm³/mol. The summed E-state index contributed by atoms with van der Waals surface area (Å²) >= 11 is 1.79. The van der Waals surface area contributed by atoms with Gasteiger partial charge in [-0.15, -0.1) is 11.3 Å². The average Bonchev–Trinajstić information content (AvgIpc) is 3.29. The number of hydrogen-bond donors (Lipinski definition) is 0. The van der Waals surface area contributed by atoms with Crippen LogP contribution in [0.2, 0.25) is 0 Å². The van der Waals surface area contributed by atoms with E-state index in [0.717, 1.165) is 0 Å². The van der Waals surface area contributed by atoms with Crippen molar-refractivity contribution in [2.24, 2.45) is 0 Å². The van der Waals surface area contributed by atoms with E-state index in [1.165, 1.54) is 32.7 Å². The topological polar surface area (TPSA) is 40.1 Å². The molecule has 4 rings (SSSR count). The van der Waals surface area contributed by atoms with Gasteiger partial charge in [-0.3, -0.25) is 0 Å². The molecule has 31 heavy (non-hydrogen) atoms. The van der Waals surface area contributed by atoms with E-state index in [1.807, 2.05) is 0 Å². The molecule has 2 nitrogen and oxygen atoms in total. The molecule has 0 aliphatic carbocycles. The Morgan fingerprint density at radius 2 is 1.16 bits per heavy atom. The molecule has 0 aliphatic rings. The molecule has 1 heterocycles. The molecule has 160 valence electrons. The van der Waals surface area contributed by atoms with Crippen molar-refractivity contribution < 1.29 is 23.1 Å². The molecule has 0 bridgehead atoms. The van der Waals surface area contributed by atoms with Crippen LogP contribution < -0.4 is 5.11 Å². The van der Waals surface area contributed by atoms with Gasteiger partial charge in [0, 0.05) is 10.4 Å². The maximum atomic E-state index is 10.5. The van der Waals surface area contributed by atoms with Crippen molar-refractivity contribution in [1.82, 2.24) is 0 Å². The number of halogens is 3. The third kappa shape index (κ3) is 6.23. The minimum absolute atomic E-state index is 0.